The van der Waals surface area contributed by atoms with Gasteiger partial charge in [-0.2, -0.15) is 4.98 Å². The third-order valence-electron chi connectivity index (χ3n) is 4.68. The van der Waals surface area contributed by atoms with Crippen LogP contribution < -0.4 is 14.7 Å². The molecule has 1 N–H and O–H groups in total. The maximum absolute atomic E-state index is 10.1. The highest BCUT2D eigenvalue weighted by Crippen LogP contribution is 2.33. The number of hydrogen-bond donors (Lipinski definition) is 1. The summed E-state index contributed by atoms with van der Waals surface area (Å²) in [5.74, 6) is 2.60. The quantitative estimate of drug-likeness (QED) is 0.879. The molecule has 0 radical (unpaired) electrons. The molecular weight excluding hydrogens is 304 g/mol. The molecule has 24 heavy (non-hydrogen) atoms. The first-order valence-electron chi connectivity index (χ1n) is 8.26. The SMILES string of the molecule is CN(C)c1nccc(N2Cc3cccnc3N3C[C@H](O)C[C@H]3C2)n1. The van der Waals surface area contributed by atoms with Crippen LogP contribution in [0.5, 0.6) is 0 Å². The third-order valence-corrected chi connectivity index (χ3v) is 4.68. The van der Waals surface area contributed by atoms with Crippen molar-refractivity contribution in [1.82, 2.24) is 15.0 Å². The Bertz CT molecular complexity index is 737. The largest absolute Gasteiger partial charge is 0.391 e. The molecular formula is C17H22N6O. The predicted octanol–water partition coefficient (Wildman–Crippen LogP) is 0.897. The van der Waals surface area contributed by atoms with Crippen LogP contribution in [0.25, 0.3) is 0 Å². The molecule has 1 saturated heterocycles. The Labute approximate surface area is 141 Å². The summed E-state index contributed by atoms with van der Waals surface area (Å²) in [6.07, 6.45) is 4.09. The number of aliphatic hydroxyl groups excluding tert-OH is 1. The summed E-state index contributed by atoms with van der Waals surface area (Å²) in [6, 6.07) is 6.27. The summed E-state index contributed by atoms with van der Waals surface area (Å²) < 4.78 is 0. The van der Waals surface area contributed by atoms with Gasteiger partial charge in [-0.15, -0.1) is 0 Å². The number of anilines is 3. The zero-order valence-electron chi connectivity index (χ0n) is 14.0. The third kappa shape index (κ3) is 2.65. The second-order valence-electron chi connectivity index (χ2n) is 6.67. The Morgan fingerprint density at radius 2 is 2.04 bits per heavy atom. The van der Waals surface area contributed by atoms with Crippen molar-refractivity contribution in [2.45, 2.75) is 25.1 Å². The van der Waals surface area contributed by atoms with Crippen LogP contribution in [-0.2, 0) is 6.54 Å². The van der Waals surface area contributed by atoms with Gasteiger partial charge in [0.25, 0.3) is 0 Å². The van der Waals surface area contributed by atoms with E-state index in [4.69, 9.17) is 0 Å². The summed E-state index contributed by atoms with van der Waals surface area (Å²) in [5.41, 5.74) is 1.17. The summed E-state index contributed by atoms with van der Waals surface area (Å²) in [7, 11) is 3.88. The molecule has 2 atom stereocenters. The van der Waals surface area contributed by atoms with Crippen LogP contribution in [0.15, 0.2) is 30.6 Å². The van der Waals surface area contributed by atoms with Crippen LogP contribution >= 0.6 is 0 Å². The Hall–Kier alpha value is -2.41. The van der Waals surface area contributed by atoms with Crippen molar-refractivity contribution in [2.75, 3.05) is 41.9 Å². The predicted molar refractivity (Wildman–Crippen MR) is 93.4 cm³/mol. The van der Waals surface area contributed by atoms with Gasteiger partial charge in [0.2, 0.25) is 5.95 Å². The molecule has 0 aliphatic carbocycles. The number of hydrogen-bond acceptors (Lipinski definition) is 7. The molecule has 4 heterocycles. The summed E-state index contributed by atoms with van der Waals surface area (Å²) in [4.78, 5) is 20.0. The highest BCUT2D eigenvalue weighted by Gasteiger charge is 2.37. The van der Waals surface area contributed by atoms with Crippen LogP contribution in [0.1, 0.15) is 12.0 Å². The Morgan fingerprint density at radius 3 is 2.88 bits per heavy atom. The van der Waals surface area contributed by atoms with Crippen molar-refractivity contribution < 1.29 is 5.11 Å². The van der Waals surface area contributed by atoms with Gasteiger partial charge in [0.1, 0.15) is 11.6 Å². The zero-order valence-corrected chi connectivity index (χ0v) is 14.0. The van der Waals surface area contributed by atoms with Gasteiger partial charge in [-0.05, 0) is 18.6 Å². The molecule has 2 aliphatic heterocycles. The molecule has 126 valence electrons. The van der Waals surface area contributed by atoms with Gasteiger partial charge >= 0.3 is 0 Å². The second kappa shape index (κ2) is 5.90. The average molecular weight is 326 g/mol. The molecule has 0 spiro atoms. The van der Waals surface area contributed by atoms with Gasteiger partial charge in [-0.1, -0.05) is 6.07 Å². The number of pyridine rings is 1. The van der Waals surface area contributed by atoms with Crippen molar-refractivity contribution in [2.24, 2.45) is 0 Å². The van der Waals surface area contributed by atoms with E-state index in [1.54, 1.807) is 6.20 Å². The van der Waals surface area contributed by atoms with E-state index in [1.165, 1.54) is 5.56 Å². The highest BCUT2D eigenvalue weighted by molar-refractivity contribution is 5.55. The van der Waals surface area contributed by atoms with Crippen molar-refractivity contribution in [3.63, 3.8) is 0 Å². The van der Waals surface area contributed by atoms with E-state index in [1.807, 2.05) is 37.3 Å². The minimum Gasteiger partial charge on any atom is -0.391 e. The fourth-order valence-corrected chi connectivity index (χ4v) is 3.57. The maximum atomic E-state index is 10.1. The Balaban J connectivity index is 1.72. The fraction of sp³-hybridized carbons (Fsp3) is 0.471. The Kier molecular flexibility index (Phi) is 3.72. The standard InChI is InChI=1S/C17H22N6O/c1-21(2)17-19-7-5-15(20-17)22-9-12-4-3-6-18-16(12)23-11-14(24)8-13(23)10-22/h3-7,13-14,24H,8-11H2,1-2H3/t13-,14+/m0/s1. The van der Waals surface area contributed by atoms with Crippen LogP contribution in [-0.4, -0.2) is 59.4 Å². The molecule has 0 amide bonds. The lowest BCUT2D eigenvalue weighted by molar-refractivity contribution is 0.194. The number of aliphatic hydroxyl groups is 1. The van der Waals surface area contributed by atoms with Crippen molar-refractivity contribution in [3.05, 3.63) is 36.2 Å². The van der Waals surface area contributed by atoms with Crippen molar-refractivity contribution in [3.8, 4) is 0 Å². The molecule has 2 aromatic rings. The van der Waals surface area contributed by atoms with Crippen LogP contribution in [0, 0.1) is 0 Å². The zero-order chi connectivity index (χ0) is 16.7. The van der Waals surface area contributed by atoms with E-state index in [0.717, 1.165) is 31.1 Å². The van der Waals surface area contributed by atoms with Gasteiger partial charge in [0.15, 0.2) is 0 Å². The molecule has 7 heteroatoms. The molecule has 0 aromatic carbocycles. The first-order valence-corrected chi connectivity index (χ1v) is 8.26. The number of aromatic nitrogens is 3. The van der Waals surface area contributed by atoms with Gasteiger partial charge in [0.05, 0.1) is 12.1 Å². The lowest BCUT2D eigenvalue weighted by Gasteiger charge is -2.27. The summed E-state index contributed by atoms with van der Waals surface area (Å²) in [5, 5.41) is 10.1. The lowest BCUT2D eigenvalue weighted by atomic mass is 10.2. The Morgan fingerprint density at radius 1 is 1.17 bits per heavy atom. The topological polar surface area (TPSA) is 68.6 Å². The van der Waals surface area contributed by atoms with E-state index in [2.05, 4.69) is 30.8 Å². The maximum Gasteiger partial charge on any atom is 0.226 e. The van der Waals surface area contributed by atoms with Crippen molar-refractivity contribution >= 4 is 17.6 Å². The molecule has 7 nitrogen and oxygen atoms in total. The van der Waals surface area contributed by atoms with Crippen LogP contribution in [0.4, 0.5) is 17.6 Å². The molecule has 0 saturated carbocycles. The van der Waals surface area contributed by atoms with Crippen molar-refractivity contribution in [1.29, 1.82) is 0 Å². The smallest absolute Gasteiger partial charge is 0.226 e. The molecule has 2 aliphatic rings. The normalized spacial score (nSPS) is 22.8. The second-order valence-corrected chi connectivity index (χ2v) is 6.67. The fourth-order valence-electron chi connectivity index (χ4n) is 3.57. The molecule has 2 aromatic heterocycles. The lowest BCUT2D eigenvalue weighted by Crippen LogP contribution is -2.38. The molecule has 0 unspecified atom stereocenters. The van der Waals surface area contributed by atoms with E-state index in [0.29, 0.717) is 12.5 Å². The van der Waals surface area contributed by atoms with Gasteiger partial charge < -0.3 is 19.8 Å². The van der Waals surface area contributed by atoms with E-state index < -0.39 is 0 Å². The number of rotatable bonds is 2. The first-order chi connectivity index (χ1) is 11.6. The van der Waals surface area contributed by atoms with Gasteiger partial charge in [-0.25, -0.2) is 9.97 Å². The monoisotopic (exact) mass is 326 g/mol. The number of nitrogens with zero attached hydrogens (tertiary/aromatic N) is 6. The first kappa shape index (κ1) is 15.1. The molecule has 4 rings (SSSR count). The van der Waals surface area contributed by atoms with E-state index >= 15 is 0 Å². The van der Waals surface area contributed by atoms with Gasteiger partial charge in [0, 0.05) is 51.7 Å². The summed E-state index contributed by atoms with van der Waals surface area (Å²) >= 11 is 0. The average Bonchev–Trinajstić information content (AvgIpc) is 2.87. The van der Waals surface area contributed by atoms with Crippen LogP contribution in [0.2, 0.25) is 0 Å². The summed E-state index contributed by atoms with van der Waals surface area (Å²) in [6.45, 7) is 2.22. The van der Waals surface area contributed by atoms with Crippen LogP contribution in [0.3, 0.4) is 0 Å². The minimum absolute atomic E-state index is 0.244. The molecule has 0 bridgehead atoms. The van der Waals surface area contributed by atoms with E-state index in [-0.39, 0.29) is 12.1 Å². The highest BCUT2D eigenvalue weighted by atomic mass is 16.3. The van der Waals surface area contributed by atoms with Gasteiger partial charge in [-0.3, -0.25) is 0 Å². The minimum atomic E-state index is -0.299. The number of fused-ring (bicyclic) bond motifs is 3. The molecule has 1 fully saturated rings. The van der Waals surface area contributed by atoms with E-state index in [9.17, 15) is 5.11 Å².